The summed E-state index contributed by atoms with van der Waals surface area (Å²) >= 11 is 0. The molecule has 0 amide bonds. The monoisotopic (exact) mass is 330 g/mol. The number of hydrogen-bond donors (Lipinski definition) is 0. The first-order chi connectivity index (χ1) is 11.7. The first kappa shape index (κ1) is 17.8. The van der Waals surface area contributed by atoms with Crippen LogP contribution in [0.25, 0.3) is 0 Å². The van der Waals surface area contributed by atoms with Gasteiger partial charge in [-0.15, -0.1) is 0 Å². The van der Waals surface area contributed by atoms with Crippen LogP contribution in [-0.2, 0) is 16.1 Å². The van der Waals surface area contributed by atoms with E-state index >= 15 is 0 Å². The molecule has 2 rings (SSSR count). The summed E-state index contributed by atoms with van der Waals surface area (Å²) < 4.78 is 21.2. The molecular formula is C19H22O5. The van der Waals surface area contributed by atoms with Gasteiger partial charge >= 0.3 is 5.97 Å². The molecule has 5 nitrogen and oxygen atoms in total. The maximum Gasteiger partial charge on any atom is 0.338 e. The summed E-state index contributed by atoms with van der Waals surface area (Å²) in [5.74, 6) is 0.697. The van der Waals surface area contributed by atoms with Crippen LogP contribution >= 0.6 is 0 Å². The first-order valence-electron chi connectivity index (χ1n) is 7.75. The number of benzene rings is 2. The van der Waals surface area contributed by atoms with Crippen LogP contribution in [0.4, 0.5) is 0 Å². The summed E-state index contributed by atoms with van der Waals surface area (Å²) in [7, 11) is 2.99. The second-order valence-electron chi connectivity index (χ2n) is 5.15. The molecule has 5 heteroatoms. The van der Waals surface area contributed by atoms with E-state index in [4.69, 9.17) is 18.9 Å². The predicted molar refractivity (Wildman–Crippen MR) is 90.5 cm³/mol. The highest BCUT2D eigenvalue weighted by atomic mass is 16.5. The van der Waals surface area contributed by atoms with Crippen molar-refractivity contribution in [1.29, 1.82) is 0 Å². The van der Waals surface area contributed by atoms with Gasteiger partial charge in [0.15, 0.2) is 0 Å². The summed E-state index contributed by atoms with van der Waals surface area (Å²) in [6, 6.07) is 14.9. The van der Waals surface area contributed by atoms with Crippen molar-refractivity contribution in [3.63, 3.8) is 0 Å². The fraction of sp³-hybridized carbons (Fsp3) is 0.316. The van der Waals surface area contributed by atoms with Crippen LogP contribution < -0.4 is 9.47 Å². The lowest BCUT2D eigenvalue weighted by molar-refractivity contribution is 0.0599. The summed E-state index contributed by atoms with van der Waals surface area (Å²) in [6.07, 6.45) is 0.763. The molecule has 0 fully saturated rings. The van der Waals surface area contributed by atoms with Gasteiger partial charge in [0.2, 0.25) is 0 Å². The van der Waals surface area contributed by atoms with Gasteiger partial charge in [-0.25, -0.2) is 4.79 Å². The molecule has 0 bridgehead atoms. The van der Waals surface area contributed by atoms with E-state index in [1.54, 1.807) is 25.3 Å². The number of rotatable bonds is 9. The van der Waals surface area contributed by atoms with Crippen molar-refractivity contribution in [3.05, 3.63) is 59.7 Å². The van der Waals surface area contributed by atoms with E-state index in [-0.39, 0.29) is 0 Å². The second kappa shape index (κ2) is 9.57. The molecule has 0 aliphatic carbocycles. The Morgan fingerprint density at radius 3 is 2.29 bits per heavy atom. The van der Waals surface area contributed by atoms with E-state index in [9.17, 15) is 4.79 Å². The van der Waals surface area contributed by atoms with Gasteiger partial charge in [0.1, 0.15) is 18.1 Å². The van der Waals surface area contributed by atoms with Gasteiger partial charge in [-0.1, -0.05) is 30.3 Å². The highest BCUT2D eigenvalue weighted by Crippen LogP contribution is 2.24. The topological polar surface area (TPSA) is 54.0 Å². The molecule has 0 saturated heterocycles. The number of methoxy groups -OCH3 is 2. The minimum atomic E-state index is -0.429. The number of hydrogen-bond acceptors (Lipinski definition) is 5. The molecular weight excluding hydrogens is 308 g/mol. The maximum atomic E-state index is 11.8. The fourth-order valence-corrected chi connectivity index (χ4v) is 2.11. The number of ether oxygens (including phenoxy) is 4. The van der Waals surface area contributed by atoms with E-state index in [2.05, 4.69) is 0 Å². The number of carbonyl (C=O) groups excluding carboxylic acids is 1. The van der Waals surface area contributed by atoms with Crippen molar-refractivity contribution < 1.29 is 23.7 Å². The largest absolute Gasteiger partial charge is 0.493 e. The van der Waals surface area contributed by atoms with Crippen LogP contribution in [0.3, 0.4) is 0 Å². The van der Waals surface area contributed by atoms with Crippen LogP contribution in [0.5, 0.6) is 11.5 Å². The highest BCUT2D eigenvalue weighted by molar-refractivity contribution is 5.90. The average Bonchev–Trinajstić information content (AvgIpc) is 2.63. The molecule has 128 valence electrons. The van der Waals surface area contributed by atoms with Crippen molar-refractivity contribution in [1.82, 2.24) is 0 Å². The van der Waals surface area contributed by atoms with Crippen LogP contribution in [-0.4, -0.2) is 33.4 Å². The van der Waals surface area contributed by atoms with Crippen molar-refractivity contribution >= 4 is 5.97 Å². The van der Waals surface area contributed by atoms with Gasteiger partial charge in [0, 0.05) is 26.2 Å². The van der Waals surface area contributed by atoms with Crippen molar-refractivity contribution in [3.8, 4) is 11.5 Å². The van der Waals surface area contributed by atoms with Crippen molar-refractivity contribution in [2.75, 3.05) is 27.4 Å². The van der Waals surface area contributed by atoms with E-state index in [1.807, 2.05) is 30.3 Å². The van der Waals surface area contributed by atoms with E-state index < -0.39 is 5.97 Å². The maximum absolute atomic E-state index is 11.8. The molecule has 0 aromatic heterocycles. The van der Waals surface area contributed by atoms with Crippen molar-refractivity contribution in [2.24, 2.45) is 0 Å². The van der Waals surface area contributed by atoms with E-state index in [1.165, 1.54) is 7.11 Å². The molecule has 0 unspecified atom stereocenters. The molecule has 24 heavy (non-hydrogen) atoms. The summed E-state index contributed by atoms with van der Waals surface area (Å²) in [4.78, 5) is 11.8. The molecule has 0 aliphatic rings. The van der Waals surface area contributed by atoms with Gasteiger partial charge in [0.05, 0.1) is 19.3 Å². The lowest BCUT2D eigenvalue weighted by atomic mass is 10.2. The van der Waals surface area contributed by atoms with Crippen LogP contribution in [0.15, 0.2) is 48.5 Å². The van der Waals surface area contributed by atoms with Crippen molar-refractivity contribution in [2.45, 2.75) is 13.0 Å². The van der Waals surface area contributed by atoms with Gasteiger partial charge < -0.3 is 18.9 Å². The lowest BCUT2D eigenvalue weighted by Gasteiger charge is -2.12. The molecule has 0 radical (unpaired) electrons. The van der Waals surface area contributed by atoms with Gasteiger partial charge in [0.25, 0.3) is 0 Å². The molecule has 0 atom stereocenters. The van der Waals surface area contributed by atoms with E-state index in [0.29, 0.717) is 36.9 Å². The van der Waals surface area contributed by atoms with Gasteiger partial charge in [-0.3, -0.25) is 0 Å². The minimum absolute atomic E-state index is 0.393. The summed E-state index contributed by atoms with van der Waals surface area (Å²) in [5, 5.41) is 0. The first-order valence-corrected chi connectivity index (χ1v) is 7.75. The third-order valence-electron chi connectivity index (χ3n) is 3.31. The Kier molecular flexibility index (Phi) is 7.11. The predicted octanol–water partition coefficient (Wildman–Crippen LogP) is 3.47. The smallest absolute Gasteiger partial charge is 0.338 e. The Balaban J connectivity index is 2.08. The average molecular weight is 330 g/mol. The van der Waals surface area contributed by atoms with Crippen LogP contribution in [0.1, 0.15) is 22.3 Å². The minimum Gasteiger partial charge on any atom is -0.493 e. The Morgan fingerprint density at radius 1 is 0.917 bits per heavy atom. The van der Waals surface area contributed by atoms with E-state index in [0.717, 1.165) is 12.0 Å². The third kappa shape index (κ3) is 5.59. The fourth-order valence-electron chi connectivity index (χ4n) is 2.11. The molecule has 2 aromatic rings. The molecule has 0 saturated carbocycles. The molecule has 2 aromatic carbocycles. The Bertz CT molecular complexity index is 639. The quantitative estimate of drug-likeness (QED) is 0.520. The Labute approximate surface area is 142 Å². The highest BCUT2D eigenvalue weighted by Gasteiger charge is 2.11. The Hall–Kier alpha value is -2.53. The zero-order valence-corrected chi connectivity index (χ0v) is 14.0. The molecule has 0 heterocycles. The lowest BCUT2D eigenvalue weighted by Crippen LogP contribution is -2.05. The van der Waals surface area contributed by atoms with Gasteiger partial charge in [-0.2, -0.15) is 0 Å². The number of esters is 1. The van der Waals surface area contributed by atoms with Crippen LogP contribution in [0.2, 0.25) is 0 Å². The van der Waals surface area contributed by atoms with Crippen LogP contribution in [0, 0.1) is 0 Å². The third-order valence-corrected chi connectivity index (χ3v) is 3.31. The number of carbonyl (C=O) groups is 1. The summed E-state index contributed by atoms with van der Waals surface area (Å²) in [5.41, 5.74) is 1.44. The Morgan fingerprint density at radius 2 is 1.62 bits per heavy atom. The summed E-state index contributed by atoms with van der Waals surface area (Å²) in [6.45, 7) is 1.53. The standard InChI is InChI=1S/C19H22O5/c1-21-9-6-10-23-17-11-16(19(20)22-2)12-18(13-17)24-14-15-7-4-3-5-8-15/h3-5,7-8,11-13H,6,9-10,14H2,1-2H3. The molecule has 0 aliphatic heterocycles. The zero-order chi connectivity index (χ0) is 17.2. The SMILES string of the molecule is COCCCOc1cc(OCc2ccccc2)cc(C(=O)OC)c1. The zero-order valence-electron chi connectivity index (χ0n) is 14.0. The second-order valence-corrected chi connectivity index (χ2v) is 5.15. The molecule has 0 spiro atoms. The normalized spacial score (nSPS) is 10.2. The van der Waals surface area contributed by atoms with Gasteiger partial charge in [-0.05, 0) is 17.7 Å². The molecule has 0 N–H and O–H groups in total.